The van der Waals surface area contributed by atoms with E-state index in [1.165, 1.54) is 22.5 Å². The van der Waals surface area contributed by atoms with Crippen molar-refractivity contribution in [2.75, 3.05) is 27.2 Å². The minimum atomic E-state index is -3.72. The van der Waals surface area contributed by atoms with Crippen molar-refractivity contribution in [3.63, 3.8) is 0 Å². The molecule has 0 aliphatic heterocycles. The van der Waals surface area contributed by atoms with Crippen LogP contribution in [0.25, 0.3) is 0 Å². The molecular weight excluding hydrogens is 415 g/mol. The van der Waals surface area contributed by atoms with Gasteiger partial charge >= 0.3 is 0 Å². The highest BCUT2D eigenvalue weighted by atomic mass is 35.5. The van der Waals surface area contributed by atoms with Gasteiger partial charge in [0, 0.05) is 23.1 Å². The first-order valence-electron chi connectivity index (χ1n) is 9.26. The zero-order valence-electron chi connectivity index (χ0n) is 16.9. The Morgan fingerprint density at radius 3 is 1.89 bits per heavy atom. The second-order valence-corrected chi connectivity index (χ2v) is 10.3. The van der Waals surface area contributed by atoms with Gasteiger partial charge in [-0.2, -0.15) is 4.31 Å². The summed E-state index contributed by atoms with van der Waals surface area (Å²) in [5, 5.41) is 0.620. The molecule has 0 unspecified atom stereocenters. The van der Waals surface area contributed by atoms with Crippen LogP contribution in [0.1, 0.15) is 29.5 Å². The lowest BCUT2D eigenvalue weighted by Crippen LogP contribution is -2.32. The Hall–Kier alpha value is -1.11. The number of hydrogen-bond donors (Lipinski definition) is 0. The molecule has 0 amide bonds. The van der Waals surface area contributed by atoms with Crippen LogP contribution in [0.4, 0.5) is 0 Å². The lowest BCUT2D eigenvalue weighted by molar-refractivity contribution is 0.358. The van der Waals surface area contributed by atoms with E-state index in [-0.39, 0.29) is 4.90 Å². The molecule has 0 atom stereocenters. The predicted octanol–water partition coefficient (Wildman–Crippen LogP) is 5.14. The van der Waals surface area contributed by atoms with Gasteiger partial charge in [0.05, 0.1) is 4.90 Å². The van der Waals surface area contributed by atoms with Gasteiger partial charge in [0.15, 0.2) is 0 Å². The number of rotatable bonds is 9. The normalized spacial score (nSPS) is 12.1. The Balaban J connectivity index is 2.32. The quantitative estimate of drug-likeness (QED) is 0.504. The van der Waals surface area contributed by atoms with Gasteiger partial charge in [0.25, 0.3) is 0 Å². The molecule has 2 aromatic carbocycles. The van der Waals surface area contributed by atoms with E-state index in [1.807, 2.05) is 40.1 Å². The summed E-state index contributed by atoms with van der Waals surface area (Å²) < 4.78 is 28.2. The Bertz CT molecular complexity index is 874. The van der Waals surface area contributed by atoms with Gasteiger partial charge in [-0.3, -0.25) is 0 Å². The molecular formula is C21H28Cl2N2O2S. The van der Waals surface area contributed by atoms with Crippen molar-refractivity contribution >= 4 is 33.2 Å². The minimum Gasteiger partial charge on any atom is -0.309 e. The molecule has 0 saturated heterocycles. The molecule has 2 rings (SSSR count). The number of hydrogen-bond acceptors (Lipinski definition) is 3. The van der Waals surface area contributed by atoms with Crippen LogP contribution in [-0.2, 0) is 16.6 Å². The Labute approximate surface area is 179 Å². The molecule has 0 aliphatic carbocycles. The summed E-state index contributed by atoms with van der Waals surface area (Å²) in [4.78, 5) is 2.22. The van der Waals surface area contributed by atoms with Crippen molar-refractivity contribution in [1.29, 1.82) is 0 Å². The van der Waals surface area contributed by atoms with Gasteiger partial charge in [-0.1, -0.05) is 52.5 Å². The lowest BCUT2D eigenvalue weighted by atomic mass is 10.1. The summed E-state index contributed by atoms with van der Waals surface area (Å²) in [5.41, 5.74) is 3.21. The van der Waals surface area contributed by atoms with Gasteiger partial charge in [0.1, 0.15) is 0 Å². The Morgan fingerprint density at radius 1 is 0.821 bits per heavy atom. The van der Waals surface area contributed by atoms with Crippen molar-refractivity contribution in [2.24, 2.45) is 0 Å². The zero-order valence-corrected chi connectivity index (χ0v) is 19.2. The summed E-state index contributed by atoms with van der Waals surface area (Å²) in [6, 6.07) is 10.6. The number of aryl methyl sites for hydroxylation is 2. The van der Waals surface area contributed by atoms with Crippen LogP contribution >= 0.6 is 23.2 Å². The van der Waals surface area contributed by atoms with Crippen LogP contribution in [0.5, 0.6) is 0 Å². The molecule has 0 N–H and O–H groups in total. The van der Waals surface area contributed by atoms with Crippen LogP contribution in [0.3, 0.4) is 0 Å². The van der Waals surface area contributed by atoms with E-state index in [0.717, 1.165) is 36.1 Å². The molecule has 0 radical (unpaired) electrons. The highest BCUT2D eigenvalue weighted by Gasteiger charge is 2.25. The Kier molecular flexibility index (Phi) is 8.34. The van der Waals surface area contributed by atoms with Crippen molar-refractivity contribution in [1.82, 2.24) is 9.21 Å². The fourth-order valence-electron chi connectivity index (χ4n) is 3.19. The standard InChI is InChI=1S/C21H28Cl2N2O2S/c1-16-9-17(2)11-18(10-16)15-25(8-6-5-7-24(3)4)28(26,27)21-13-19(22)12-20(23)14-21/h9-14H,5-8,15H2,1-4H3. The van der Waals surface area contributed by atoms with Gasteiger partial charge in [0.2, 0.25) is 10.0 Å². The van der Waals surface area contributed by atoms with Crippen LogP contribution in [0.2, 0.25) is 10.0 Å². The molecule has 0 aliphatic rings. The molecule has 0 bridgehead atoms. The van der Waals surface area contributed by atoms with E-state index in [4.69, 9.17) is 23.2 Å². The molecule has 0 aromatic heterocycles. The molecule has 154 valence electrons. The third-order valence-electron chi connectivity index (χ3n) is 4.38. The number of benzene rings is 2. The minimum absolute atomic E-state index is 0.127. The van der Waals surface area contributed by atoms with Gasteiger partial charge in [-0.15, -0.1) is 0 Å². The maximum absolute atomic E-state index is 13.3. The van der Waals surface area contributed by atoms with Crippen LogP contribution in [-0.4, -0.2) is 44.8 Å². The zero-order chi connectivity index (χ0) is 20.9. The number of unbranched alkanes of at least 4 members (excludes halogenated alkanes) is 1. The molecule has 0 fully saturated rings. The van der Waals surface area contributed by atoms with E-state index < -0.39 is 10.0 Å². The second-order valence-electron chi connectivity index (χ2n) is 7.45. The molecule has 7 heteroatoms. The topological polar surface area (TPSA) is 40.6 Å². The monoisotopic (exact) mass is 442 g/mol. The largest absolute Gasteiger partial charge is 0.309 e. The molecule has 28 heavy (non-hydrogen) atoms. The second kappa shape index (κ2) is 10.1. The highest BCUT2D eigenvalue weighted by molar-refractivity contribution is 7.89. The molecule has 0 heterocycles. The van der Waals surface area contributed by atoms with Gasteiger partial charge < -0.3 is 4.90 Å². The first-order chi connectivity index (χ1) is 13.1. The summed E-state index contributed by atoms with van der Waals surface area (Å²) in [6.45, 7) is 5.71. The number of sulfonamides is 1. The van der Waals surface area contributed by atoms with Crippen molar-refractivity contribution in [3.8, 4) is 0 Å². The van der Waals surface area contributed by atoms with E-state index in [9.17, 15) is 8.42 Å². The smallest absolute Gasteiger partial charge is 0.243 e. The highest BCUT2D eigenvalue weighted by Crippen LogP contribution is 2.26. The molecule has 0 saturated carbocycles. The lowest BCUT2D eigenvalue weighted by Gasteiger charge is -2.23. The van der Waals surface area contributed by atoms with Crippen molar-refractivity contribution in [3.05, 3.63) is 63.1 Å². The fraction of sp³-hybridized carbons (Fsp3) is 0.429. The van der Waals surface area contributed by atoms with E-state index in [1.54, 1.807) is 0 Å². The number of halogens is 2. The maximum atomic E-state index is 13.3. The van der Waals surface area contributed by atoms with Crippen LogP contribution < -0.4 is 0 Å². The first kappa shape index (κ1) is 23.2. The molecule has 4 nitrogen and oxygen atoms in total. The van der Waals surface area contributed by atoms with Crippen molar-refractivity contribution < 1.29 is 8.42 Å². The predicted molar refractivity (Wildman–Crippen MR) is 118 cm³/mol. The summed E-state index contributed by atoms with van der Waals surface area (Å²) in [5.74, 6) is 0. The fourth-order valence-corrected chi connectivity index (χ4v) is 5.38. The summed E-state index contributed by atoms with van der Waals surface area (Å²) in [6.07, 6.45) is 1.69. The molecule has 2 aromatic rings. The summed E-state index contributed by atoms with van der Waals surface area (Å²) >= 11 is 12.1. The number of nitrogens with zero attached hydrogens (tertiary/aromatic N) is 2. The SMILES string of the molecule is Cc1cc(C)cc(CN(CCCCN(C)C)S(=O)(=O)c2cc(Cl)cc(Cl)c2)c1. The average Bonchev–Trinajstić information content (AvgIpc) is 2.55. The molecule has 0 spiro atoms. The van der Waals surface area contributed by atoms with Crippen molar-refractivity contribution in [2.45, 2.75) is 38.1 Å². The van der Waals surface area contributed by atoms with E-state index >= 15 is 0 Å². The van der Waals surface area contributed by atoms with Gasteiger partial charge in [-0.05, 0) is 71.1 Å². The third-order valence-corrected chi connectivity index (χ3v) is 6.64. The maximum Gasteiger partial charge on any atom is 0.243 e. The van der Waals surface area contributed by atoms with E-state index in [0.29, 0.717) is 23.1 Å². The Morgan fingerprint density at radius 2 is 1.36 bits per heavy atom. The summed E-state index contributed by atoms with van der Waals surface area (Å²) in [7, 11) is 0.304. The van der Waals surface area contributed by atoms with Crippen LogP contribution in [0.15, 0.2) is 41.3 Å². The van der Waals surface area contributed by atoms with E-state index in [2.05, 4.69) is 11.0 Å². The van der Waals surface area contributed by atoms with Crippen LogP contribution in [0, 0.1) is 13.8 Å². The average molecular weight is 443 g/mol. The first-order valence-corrected chi connectivity index (χ1v) is 11.5. The van der Waals surface area contributed by atoms with Gasteiger partial charge in [-0.25, -0.2) is 8.42 Å². The third kappa shape index (κ3) is 6.75.